The van der Waals surface area contributed by atoms with Crippen LogP contribution in [-0.4, -0.2) is 27.9 Å². The number of aromatic nitrogens is 3. The molecule has 0 saturated heterocycles. The van der Waals surface area contributed by atoms with Crippen molar-refractivity contribution in [1.29, 1.82) is 0 Å². The summed E-state index contributed by atoms with van der Waals surface area (Å²) < 4.78 is 1.85. The van der Waals surface area contributed by atoms with Gasteiger partial charge in [-0.05, 0) is 25.8 Å². The Bertz CT molecular complexity index is 280. The molecule has 1 N–H and O–H groups in total. The predicted octanol–water partition coefficient (Wildman–Crippen LogP) is 1.38. The molecule has 1 atom stereocenters. The average Bonchev–Trinajstić information content (AvgIpc) is 2.58. The van der Waals surface area contributed by atoms with Gasteiger partial charge in [0.1, 0.15) is 12.2 Å². The molecule has 1 rings (SSSR count). The van der Waals surface area contributed by atoms with Crippen molar-refractivity contribution in [1.82, 2.24) is 20.1 Å². The van der Waals surface area contributed by atoms with Crippen molar-refractivity contribution < 1.29 is 0 Å². The van der Waals surface area contributed by atoms with Gasteiger partial charge in [-0.25, -0.2) is 4.98 Å². The molecule has 86 valence electrons. The van der Waals surface area contributed by atoms with Crippen LogP contribution < -0.4 is 5.32 Å². The van der Waals surface area contributed by atoms with E-state index in [1.54, 1.807) is 6.33 Å². The number of aryl methyl sites for hydroxylation is 2. The van der Waals surface area contributed by atoms with E-state index >= 15 is 0 Å². The molecule has 0 aromatic carbocycles. The average molecular weight is 210 g/mol. The lowest BCUT2D eigenvalue weighted by molar-refractivity contribution is 0.417. The summed E-state index contributed by atoms with van der Waals surface area (Å²) in [6.45, 7) is 4.51. The van der Waals surface area contributed by atoms with Crippen LogP contribution in [0.2, 0.25) is 0 Å². The molecule has 4 nitrogen and oxygen atoms in total. The number of nitrogens with zero attached hydrogens (tertiary/aromatic N) is 3. The lowest BCUT2D eigenvalue weighted by Crippen LogP contribution is -2.27. The lowest BCUT2D eigenvalue weighted by atomic mass is 10.00. The Balaban J connectivity index is 2.37. The Labute approximate surface area is 92.1 Å². The van der Waals surface area contributed by atoms with Crippen LogP contribution in [0.1, 0.15) is 32.5 Å². The van der Waals surface area contributed by atoms with Crippen molar-refractivity contribution in [3.05, 3.63) is 12.2 Å². The van der Waals surface area contributed by atoms with Gasteiger partial charge in [-0.2, -0.15) is 5.10 Å². The Morgan fingerprint density at radius 1 is 1.47 bits per heavy atom. The summed E-state index contributed by atoms with van der Waals surface area (Å²) >= 11 is 0. The normalized spacial score (nSPS) is 13.4. The van der Waals surface area contributed by atoms with Crippen molar-refractivity contribution >= 4 is 0 Å². The van der Waals surface area contributed by atoms with E-state index in [1.807, 2.05) is 18.8 Å². The summed E-state index contributed by atoms with van der Waals surface area (Å²) in [6, 6.07) is 0.585. The van der Waals surface area contributed by atoms with Crippen molar-refractivity contribution in [2.24, 2.45) is 13.0 Å². The molecule has 0 spiro atoms. The molecule has 1 unspecified atom stereocenters. The first kappa shape index (κ1) is 12.2. The smallest absolute Gasteiger partial charge is 0.138 e. The molecule has 0 aliphatic heterocycles. The van der Waals surface area contributed by atoms with E-state index in [0.717, 1.165) is 24.6 Å². The van der Waals surface area contributed by atoms with Crippen LogP contribution in [0.3, 0.4) is 0 Å². The SMILES string of the molecule is CNC(CCc1ncnn1C)CC(C)C. The van der Waals surface area contributed by atoms with E-state index in [2.05, 4.69) is 29.2 Å². The summed E-state index contributed by atoms with van der Waals surface area (Å²) in [7, 11) is 3.98. The molecule has 1 aromatic rings. The van der Waals surface area contributed by atoms with Crippen molar-refractivity contribution in [2.75, 3.05) is 7.05 Å². The van der Waals surface area contributed by atoms with Gasteiger partial charge in [0.25, 0.3) is 0 Å². The van der Waals surface area contributed by atoms with Crippen LogP contribution in [0.15, 0.2) is 6.33 Å². The van der Waals surface area contributed by atoms with Crippen molar-refractivity contribution in [3.63, 3.8) is 0 Å². The predicted molar refractivity (Wildman–Crippen MR) is 61.6 cm³/mol. The van der Waals surface area contributed by atoms with Crippen LogP contribution >= 0.6 is 0 Å². The standard InChI is InChI=1S/C11H22N4/c1-9(2)7-10(12-3)5-6-11-13-8-14-15(11)4/h8-10,12H,5-7H2,1-4H3. The molecule has 1 aromatic heterocycles. The van der Waals surface area contributed by atoms with Gasteiger partial charge < -0.3 is 5.32 Å². The van der Waals surface area contributed by atoms with Gasteiger partial charge in [0.2, 0.25) is 0 Å². The Morgan fingerprint density at radius 3 is 2.67 bits per heavy atom. The van der Waals surface area contributed by atoms with E-state index in [-0.39, 0.29) is 0 Å². The number of rotatable bonds is 6. The Kier molecular flexibility index (Phi) is 4.75. The van der Waals surface area contributed by atoms with Crippen molar-refractivity contribution in [2.45, 2.75) is 39.2 Å². The van der Waals surface area contributed by atoms with Crippen molar-refractivity contribution in [3.8, 4) is 0 Å². The minimum atomic E-state index is 0.585. The third-order valence-electron chi connectivity index (χ3n) is 2.69. The van der Waals surface area contributed by atoms with Gasteiger partial charge >= 0.3 is 0 Å². The van der Waals surface area contributed by atoms with E-state index in [0.29, 0.717) is 6.04 Å². The molecule has 0 fully saturated rings. The molecular weight excluding hydrogens is 188 g/mol. The van der Waals surface area contributed by atoms with E-state index in [1.165, 1.54) is 6.42 Å². The summed E-state index contributed by atoms with van der Waals surface area (Å²) in [6.07, 6.45) is 4.95. The van der Waals surface area contributed by atoms with Crippen LogP contribution in [0.5, 0.6) is 0 Å². The maximum atomic E-state index is 4.23. The maximum Gasteiger partial charge on any atom is 0.138 e. The van der Waals surface area contributed by atoms with Gasteiger partial charge in [-0.1, -0.05) is 13.8 Å². The van der Waals surface area contributed by atoms with Crippen LogP contribution in [0, 0.1) is 5.92 Å². The van der Waals surface area contributed by atoms with Gasteiger partial charge in [-0.15, -0.1) is 0 Å². The number of nitrogens with one attached hydrogen (secondary N) is 1. The van der Waals surface area contributed by atoms with E-state index < -0.39 is 0 Å². The zero-order chi connectivity index (χ0) is 11.3. The zero-order valence-electron chi connectivity index (χ0n) is 10.2. The summed E-state index contributed by atoms with van der Waals surface area (Å²) in [5, 5.41) is 7.42. The fourth-order valence-corrected chi connectivity index (χ4v) is 1.80. The van der Waals surface area contributed by atoms with E-state index in [9.17, 15) is 0 Å². The van der Waals surface area contributed by atoms with Crippen LogP contribution in [0.25, 0.3) is 0 Å². The minimum absolute atomic E-state index is 0.585. The topological polar surface area (TPSA) is 42.7 Å². The number of hydrogen-bond acceptors (Lipinski definition) is 3. The molecule has 1 heterocycles. The molecule has 4 heteroatoms. The molecule has 15 heavy (non-hydrogen) atoms. The van der Waals surface area contributed by atoms with Crippen LogP contribution in [0.4, 0.5) is 0 Å². The number of hydrogen-bond donors (Lipinski definition) is 1. The maximum absolute atomic E-state index is 4.23. The first-order valence-corrected chi connectivity index (χ1v) is 5.63. The Hall–Kier alpha value is -0.900. The van der Waals surface area contributed by atoms with Gasteiger partial charge in [0.15, 0.2) is 0 Å². The highest BCUT2D eigenvalue weighted by molar-refractivity contribution is 4.85. The molecule has 0 amide bonds. The molecule has 0 saturated carbocycles. The summed E-state index contributed by atoms with van der Waals surface area (Å²) in [5.41, 5.74) is 0. The molecule has 0 bridgehead atoms. The lowest BCUT2D eigenvalue weighted by Gasteiger charge is -2.17. The second kappa shape index (κ2) is 5.85. The first-order chi connectivity index (χ1) is 7.13. The van der Waals surface area contributed by atoms with Gasteiger partial charge in [-0.3, -0.25) is 4.68 Å². The fourth-order valence-electron chi connectivity index (χ4n) is 1.80. The quantitative estimate of drug-likeness (QED) is 0.771. The minimum Gasteiger partial charge on any atom is -0.317 e. The first-order valence-electron chi connectivity index (χ1n) is 5.63. The molecule has 0 aliphatic carbocycles. The zero-order valence-corrected chi connectivity index (χ0v) is 10.2. The molecule has 0 radical (unpaired) electrons. The molecule has 0 aliphatic rings. The second-order valence-electron chi connectivity index (χ2n) is 4.45. The highest BCUT2D eigenvalue weighted by atomic mass is 15.3. The third kappa shape index (κ3) is 4.00. The second-order valence-corrected chi connectivity index (χ2v) is 4.45. The monoisotopic (exact) mass is 210 g/mol. The van der Waals surface area contributed by atoms with Gasteiger partial charge in [0, 0.05) is 19.5 Å². The van der Waals surface area contributed by atoms with Gasteiger partial charge in [0.05, 0.1) is 0 Å². The van der Waals surface area contributed by atoms with Crippen LogP contribution in [-0.2, 0) is 13.5 Å². The fraction of sp³-hybridized carbons (Fsp3) is 0.818. The summed E-state index contributed by atoms with van der Waals surface area (Å²) in [5.74, 6) is 1.81. The Morgan fingerprint density at radius 2 is 2.20 bits per heavy atom. The third-order valence-corrected chi connectivity index (χ3v) is 2.69. The summed E-state index contributed by atoms with van der Waals surface area (Å²) in [4.78, 5) is 4.23. The molecular formula is C11H22N4. The highest BCUT2D eigenvalue weighted by Gasteiger charge is 2.10. The largest absolute Gasteiger partial charge is 0.317 e. The van der Waals surface area contributed by atoms with E-state index in [4.69, 9.17) is 0 Å². The highest BCUT2D eigenvalue weighted by Crippen LogP contribution is 2.09.